The minimum Gasteiger partial charge on any atom is -1.00 e. The molecule has 0 heterocycles. The van der Waals surface area contributed by atoms with E-state index in [-0.39, 0.29) is 34.4 Å². The van der Waals surface area contributed by atoms with E-state index in [0.29, 0.717) is 10.6 Å². The van der Waals surface area contributed by atoms with Crippen molar-refractivity contribution in [2.45, 2.75) is 33.6 Å². The summed E-state index contributed by atoms with van der Waals surface area (Å²) in [5.41, 5.74) is 2.72. The smallest absolute Gasteiger partial charge is 1.00 e. The van der Waals surface area contributed by atoms with E-state index in [1.54, 1.807) is 6.07 Å². The van der Waals surface area contributed by atoms with E-state index in [4.69, 9.17) is 16.3 Å². The fourth-order valence-corrected chi connectivity index (χ4v) is 3.83. The molecule has 24 heavy (non-hydrogen) atoms. The SMILES string of the molecule is CCCCOc1ccc(PC(=O)c2c(C)cccc2Cl)c(C)c1.[H-].[Li+]. The van der Waals surface area contributed by atoms with Crippen LogP contribution in [-0.4, -0.2) is 12.1 Å². The van der Waals surface area contributed by atoms with Crippen molar-refractivity contribution in [2.75, 3.05) is 6.61 Å². The first kappa shape index (κ1) is 21.3. The molecule has 2 nitrogen and oxygen atoms in total. The summed E-state index contributed by atoms with van der Waals surface area (Å²) in [6, 6.07) is 11.5. The first-order valence-corrected chi connectivity index (χ1v) is 9.20. The number of ether oxygens (including phenoxy) is 1. The van der Waals surface area contributed by atoms with Crippen LogP contribution in [0.4, 0.5) is 0 Å². The van der Waals surface area contributed by atoms with Crippen LogP contribution in [0.3, 0.4) is 0 Å². The molecule has 0 spiro atoms. The molecular weight excluding hydrogens is 334 g/mol. The second kappa shape index (κ2) is 10.3. The van der Waals surface area contributed by atoms with Crippen LogP contribution in [0.15, 0.2) is 36.4 Å². The minimum absolute atomic E-state index is 0. The number of hydrogen-bond donors (Lipinski definition) is 0. The van der Waals surface area contributed by atoms with Crippen LogP contribution in [-0.2, 0) is 0 Å². The molecule has 0 bridgehead atoms. The first-order chi connectivity index (χ1) is 11.0. The van der Waals surface area contributed by atoms with Crippen LogP contribution in [0.1, 0.15) is 42.7 Å². The number of rotatable bonds is 7. The van der Waals surface area contributed by atoms with Crippen molar-refractivity contribution in [1.82, 2.24) is 0 Å². The van der Waals surface area contributed by atoms with Crippen LogP contribution in [0.25, 0.3) is 0 Å². The summed E-state index contributed by atoms with van der Waals surface area (Å²) in [7, 11) is 0.0672. The molecule has 124 valence electrons. The average Bonchev–Trinajstić information content (AvgIpc) is 2.50. The molecule has 1 unspecified atom stereocenters. The molecule has 0 fully saturated rings. The van der Waals surface area contributed by atoms with E-state index in [1.807, 2.05) is 44.2 Å². The van der Waals surface area contributed by atoms with E-state index in [2.05, 4.69) is 6.92 Å². The second-order valence-corrected chi connectivity index (χ2v) is 7.21. The maximum absolute atomic E-state index is 12.6. The summed E-state index contributed by atoms with van der Waals surface area (Å²) < 4.78 is 5.71. The Balaban J connectivity index is 0.00000288. The van der Waals surface area contributed by atoms with Crippen molar-refractivity contribution < 1.29 is 29.8 Å². The van der Waals surface area contributed by atoms with Gasteiger partial charge in [-0.3, -0.25) is 4.79 Å². The molecule has 0 saturated carbocycles. The van der Waals surface area contributed by atoms with Gasteiger partial charge in [-0.2, -0.15) is 0 Å². The summed E-state index contributed by atoms with van der Waals surface area (Å²) in [6.45, 7) is 6.80. The van der Waals surface area contributed by atoms with Crippen molar-refractivity contribution in [3.05, 3.63) is 58.1 Å². The van der Waals surface area contributed by atoms with Gasteiger partial charge in [0.25, 0.3) is 0 Å². The van der Waals surface area contributed by atoms with Gasteiger partial charge in [-0.05, 0) is 63.5 Å². The molecular formula is C19H23ClLiO2P. The number of benzene rings is 2. The van der Waals surface area contributed by atoms with Crippen molar-refractivity contribution in [1.29, 1.82) is 0 Å². The predicted octanol–water partition coefficient (Wildman–Crippen LogP) is 2.40. The van der Waals surface area contributed by atoms with Gasteiger partial charge in [0.15, 0.2) is 5.52 Å². The molecule has 2 rings (SSSR count). The van der Waals surface area contributed by atoms with Gasteiger partial charge in [-0.1, -0.05) is 43.1 Å². The Morgan fingerprint density at radius 3 is 2.58 bits per heavy atom. The third kappa shape index (κ3) is 5.64. The predicted molar refractivity (Wildman–Crippen MR) is 101 cm³/mol. The largest absolute Gasteiger partial charge is 1.00 e. The summed E-state index contributed by atoms with van der Waals surface area (Å²) in [5, 5.41) is 1.57. The van der Waals surface area contributed by atoms with Crippen molar-refractivity contribution in [3.63, 3.8) is 0 Å². The number of carbonyl (C=O) groups excluding carboxylic acids is 1. The van der Waals surface area contributed by atoms with E-state index >= 15 is 0 Å². The zero-order valence-electron chi connectivity index (χ0n) is 15.8. The maximum atomic E-state index is 12.6. The zero-order valence-corrected chi connectivity index (χ0v) is 16.5. The third-order valence-corrected chi connectivity index (χ3v) is 5.28. The number of unbranched alkanes of at least 4 members (excludes halogenated alkanes) is 1. The molecule has 0 saturated heterocycles. The summed E-state index contributed by atoms with van der Waals surface area (Å²) in [5.74, 6) is 0.867. The Morgan fingerprint density at radius 1 is 1.21 bits per heavy atom. The Bertz CT molecular complexity index is 690. The van der Waals surface area contributed by atoms with Gasteiger partial charge >= 0.3 is 18.9 Å². The van der Waals surface area contributed by atoms with Gasteiger partial charge in [-0.25, -0.2) is 0 Å². The molecule has 0 aliphatic rings. The van der Waals surface area contributed by atoms with Crippen molar-refractivity contribution in [2.24, 2.45) is 0 Å². The van der Waals surface area contributed by atoms with Crippen LogP contribution in [0.5, 0.6) is 5.75 Å². The summed E-state index contributed by atoms with van der Waals surface area (Å²) in [6.07, 6.45) is 2.16. The standard InChI is InChI=1S/C19H22ClO2P.Li.H/c1-4-5-11-22-15-9-10-17(14(3)12-15)23-19(21)18-13(2)7-6-8-16(18)20;;/h6-10,12,23H,4-5,11H2,1-3H3;;/q;+1;-1. The van der Waals surface area contributed by atoms with Gasteiger partial charge in [0.1, 0.15) is 5.75 Å². The van der Waals surface area contributed by atoms with Crippen molar-refractivity contribution >= 4 is 31.0 Å². The molecule has 0 aliphatic heterocycles. The quantitative estimate of drug-likeness (QED) is 0.432. The third-order valence-electron chi connectivity index (χ3n) is 3.66. The molecule has 0 N–H and O–H groups in total. The first-order valence-electron chi connectivity index (χ1n) is 7.83. The molecule has 0 aromatic heterocycles. The number of hydrogen-bond acceptors (Lipinski definition) is 2. The molecule has 5 heteroatoms. The van der Waals surface area contributed by atoms with Gasteiger partial charge in [0, 0.05) is 5.56 Å². The molecule has 2 aromatic rings. The van der Waals surface area contributed by atoms with Crippen LogP contribution < -0.4 is 28.9 Å². The minimum atomic E-state index is 0. The van der Waals surface area contributed by atoms with Gasteiger partial charge in [0.05, 0.1) is 11.6 Å². The normalized spacial score (nSPS) is 10.7. The van der Waals surface area contributed by atoms with Crippen LogP contribution in [0, 0.1) is 13.8 Å². The molecule has 0 amide bonds. The summed E-state index contributed by atoms with van der Waals surface area (Å²) >= 11 is 6.19. The van der Waals surface area contributed by atoms with E-state index < -0.39 is 0 Å². The number of aryl methyl sites for hydroxylation is 2. The van der Waals surface area contributed by atoms with Gasteiger partial charge in [0.2, 0.25) is 0 Å². The fraction of sp³-hybridized carbons (Fsp3) is 0.316. The Morgan fingerprint density at radius 2 is 1.96 bits per heavy atom. The fourth-order valence-electron chi connectivity index (χ4n) is 2.30. The average molecular weight is 357 g/mol. The van der Waals surface area contributed by atoms with Gasteiger partial charge < -0.3 is 6.16 Å². The Kier molecular flexibility index (Phi) is 9.10. The Hall–Kier alpha value is -0.773. The molecule has 0 aliphatic carbocycles. The zero-order chi connectivity index (χ0) is 16.8. The topological polar surface area (TPSA) is 26.3 Å². The van der Waals surface area contributed by atoms with Crippen molar-refractivity contribution in [3.8, 4) is 5.75 Å². The number of carbonyl (C=O) groups is 1. The monoisotopic (exact) mass is 356 g/mol. The van der Waals surface area contributed by atoms with Crippen LogP contribution in [0.2, 0.25) is 5.02 Å². The van der Waals surface area contributed by atoms with E-state index in [1.165, 1.54) is 0 Å². The number of halogens is 1. The molecule has 1 atom stereocenters. The van der Waals surface area contributed by atoms with E-state index in [9.17, 15) is 4.79 Å². The summed E-state index contributed by atoms with van der Waals surface area (Å²) in [4.78, 5) is 12.6. The van der Waals surface area contributed by atoms with E-state index in [0.717, 1.165) is 41.6 Å². The molecule has 0 radical (unpaired) electrons. The van der Waals surface area contributed by atoms with Gasteiger partial charge in [-0.15, -0.1) is 0 Å². The molecule has 2 aromatic carbocycles. The Labute approximate surface area is 164 Å². The second-order valence-electron chi connectivity index (χ2n) is 5.56. The van der Waals surface area contributed by atoms with Crippen LogP contribution >= 0.6 is 20.2 Å². The maximum Gasteiger partial charge on any atom is 1.00 e.